The Balaban J connectivity index is 1.83. The smallest absolute Gasteiger partial charge is 0.331 e. The summed E-state index contributed by atoms with van der Waals surface area (Å²) in [5, 5.41) is 2.38. The number of benzene rings is 2. The highest BCUT2D eigenvalue weighted by atomic mass is 35.5. The van der Waals surface area contributed by atoms with E-state index >= 15 is 0 Å². The van der Waals surface area contributed by atoms with Gasteiger partial charge >= 0.3 is 6.03 Å². The summed E-state index contributed by atoms with van der Waals surface area (Å²) in [7, 11) is 1.25. The highest BCUT2D eigenvalue weighted by molar-refractivity contribution is 6.37. The number of halogens is 3. The van der Waals surface area contributed by atoms with Crippen LogP contribution >= 0.6 is 23.2 Å². The third kappa shape index (κ3) is 4.16. The Morgan fingerprint density at radius 3 is 2.32 bits per heavy atom. The number of nitrogens with zero attached hydrogens (tertiary/aromatic N) is 1. The number of hydrogen-bond acceptors (Lipinski definition) is 4. The van der Waals surface area contributed by atoms with Crippen molar-refractivity contribution in [3.05, 3.63) is 69.0 Å². The van der Waals surface area contributed by atoms with Crippen molar-refractivity contribution in [3.8, 4) is 5.75 Å². The highest BCUT2D eigenvalue weighted by Crippen LogP contribution is 2.35. The van der Waals surface area contributed by atoms with Gasteiger partial charge in [0.1, 0.15) is 18.0 Å². The van der Waals surface area contributed by atoms with Gasteiger partial charge in [-0.05, 0) is 41.5 Å². The molecular weight excluding hydrogens is 410 g/mol. The molecule has 1 N–H and O–H groups in total. The van der Waals surface area contributed by atoms with Crippen LogP contribution in [0.25, 0.3) is 6.08 Å². The average Bonchev–Trinajstić information content (AvgIpc) is 2.64. The summed E-state index contributed by atoms with van der Waals surface area (Å²) < 4.78 is 18.6. The lowest BCUT2D eigenvalue weighted by Crippen LogP contribution is -2.52. The number of amides is 4. The summed E-state index contributed by atoms with van der Waals surface area (Å²) in [5.41, 5.74) is 0.872. The lowest BCUT2D eigenvalue weighted by Gasteiger charge is -2.22. The first-order chi connectivity index (χ1) is 13.3. The summed E-state index contributed by atoms with van der Waals surface area (Å²) in [6.45, 7) is 0.119. The summed E-state index contributed by atoms with van der Waals surface area (Å²) in [4.78, 5) is 36.3. The van der Waals surface area contributed by atoms with Crippen molar-refractivity contribution in [1.82, 2.24) is 10.2 Å². The molecule has 0 unspecified atom stereocenters. The molecule has 0 aromatic heterocycles. The van der Waals surface area contributed by atoms with E-state index in [4.69, 9.17) is 27.9 Å². The van der Waals surface area contributed by atoms with Crippen molar-refractivity contribution in [2.75, 3.05) is 7.05 Å². The molecule has 1 saturated heterocycles. The lowest BCUT2D eigenvalue weighted by molar-refractivity contribution is -0.129. The Bertz CT molecular complexity index is 982. The van der Waals surface area contributed by atoms with Gasteiger partial charge in [-0.2, -0.15) is 0 Å². The summed E-state index contributed by atoms with van der Waals surface area (Å²) in [6.07, 6.45) is 1.28. The molecular formula is C19H13Cl2FN2O4. The van der Waals surface area contributed by atoms with Crippen LogP contribution in [0.4, 0.5) is 9.18 Å². The molecule has 6 nitrogen and oxygen atoms in total. The first kappa shape index (κ1) is 19.9. The van der Waals surface area contributed by atoms with Gasteiger partial charge in [0.15, 0.2) is 5.75 Å². The fraction of sp³-hybridized carbons (Fsp3) is 0.105. The van der Waals surface area contributed by atoms with Crippen LogP contribution in [0.5, 0.6) is 5.75 Å². The summed E-state index contributed by atoms with van der Waals surface area (Å²) in [5.74, 6) is -1.69. The zero-order valence-corrected chi connectivity index (χ0v) is 16.0. The minimum atomic E-state index is -0.808. The molecule has 28 heavy (non-hydrogen) atoms. The molecule has 9 heteroatoms. The first-order valence-corrected chi connectivity index (χ1v) is 8.73. The van der Waals surface area contributed by atoms with Gasteiger partial charge in [0.25, 0.3) is 11.8 Å². The number of rotatable bonds is 4. The second-order valence-electron chi connectivity index (χ2n) is 5.91. The lowest BCUT2D eigenvalue weighted by atomic mass is 10.1. The first-order valence-electron chi connectivity index (χ1n) is 7.97. The minimum absolute atomic E-state index is 0.119. The number of carbonyl (C=O) groups excluding carboxylic acids is 3. The fourth-order valence-electron chi connectivity index (χ4n) is 2.45. The Morgan fingerprint density at radius 2 is 1.71 bits per heavy atom. The van der Waals surface area contributed by atoms with Gasteiger partial charge in [0.2, 0.25) is 0 Å². The van der Waals surface area contributed by atoms with E-state index in [1.54, 1.807) is 12.1 Å². The normalized spacial score (nSPS) is 15.8. The van der Waals surface area contributed by atoms with Crippen LogP contribution in [0.1, 0.15) is 11.1 Å². The Morgan fingerprint density at radius 1 is 1.11 bits per heavy atom. The number of nitrogens with one attached hydrogen (secondary N) is 1. The molecule has 1 aliphatic rings. The number of ether oxygens (including phenoxy) is 1. The van der Waals surface area contributed by atoms with E-state index in [-0.39, 0.29) is 33.8 Å². The summed E-state index contributed by atoms with van der Waals surface area (Å²) >= 11 is 12.4. The van der Waals surface area contributed by atoms with E-state index in [0.29, 0.717) is 5.56 Å². The van der Waals surface area contributed by atoms with Gasteiger partial charge in [0.05, 0.1) is 10.0 Å². The van der Waals surface area contributed by atoms with Gasteiger partial charge < -0.3 is 4.74 Å². The molecule has 4 amide bonds. The van der Waals surface area contributed by atoms with Crippen molar-refractivity contribution in [3.63, 3.8) is 0 Å². The Labute approximate surface area is 169 Å². The quantitative estimate of drug-likeness (QED) is 0.600. The number of urea groups is 1. The number of hydrogen-bond donors (Lipinski definition) is 1. The van der Waals surface area contributed by atoms with Crippen LogP contribution in [-0.4, -0.2) is 29.8 Å². The maximum atomic E-state index is 13.0. The number of carbonyl (C=O) groups is 3. The van der Waals surface area contributed by atoms with Crippen molar-refractivity contribution in [1.29, 1.82) is 0 Å². The van der Waals surface area contributed by atoms with Crippen molar-refractivity contribution >= 4 is 47.1 Å². The molecule has 3 rings (SSSR count). The van der Waals surface area contributed by atoms with E-state index in [1.807, 2.05) is 0 Å². The van der Waals surface area contributed by atoms with E-state index < -0.39 is 17.8 Å². The third-order valence-electron chi connectivity index (χ3n) is 3.93. The molecule has 1 heterocycles. The van der Waals surface area contributed by atoms with Crippen LogP contribution in [0, 0.1) is 5.82 Å². The van der Waals surface area contributed by atoms with Gasteiger partial charge in [-0.1, -0.05) is 35.3 Å². The van der Waals surface area contributed by atoms with Crippen LogP contribution in [-0.2, 0) is 16.2 Å². The maximum Gasteiger partial charge on any atom is 0.331 e. The average molecular weight is 423 g/mol. The predicted molar refractivity (Wildman–Crippen MR) is 101 cm³/mol. The van der Waals surface area contributed by atoms with E-state index in [0.717, 1.165) is 10.5 Å². The zero-order valence-electron chi connectivity index (χ0n) is 14.5. The molecule has 2 aromatic carbocycles. The standard InChI is InChI=1S/C19H13Cl2FN2O4/c1-24-18(26)13(17(25)23-19(24)27)6-11-7-14(20)16(15(21)8-11)28-9-10-2-4-12(22)5-3-10/h2-8H,9H2,1H3,(H,23,25,27). The molecule has 0 aliphatic carbocycles. The molecule has 0 spiro atoms. The van der Waals surface area contributed by atoms with Gasteiger partial charge in [-0.15, -0.1) is 0 Å². The number of barbiturate groups is 1. The van der Waals surface area contributed by atoms with Crippen LogP contribution < -0.4 is 10.1 Å². The predicted octanol–water partition coefficient (Wildman–Crippen LogP) is 3.80. The molecule has 0 saturated carbocycles. The molecule has 144 valence electrons. The van der Waals surface area contributed by atoms with Crippen LogP contribution in [0.15, 0.2) is 42.0 Å². The Hall–Kier alpha value is -2.90. The summed E-state index contributed by atoms with van der Waals surface area (Å²) in [6, 6.07) is 7.90. The monoisotopic (exact) mass is 422 g/mol. The number of likely N-dealkylation sites (N-methyl/N-ethyl adjacent to an activating group) is 1. The number of imide groups is 2. The van der Waals surface area contributed by atoms with Crippen molar-refractivity contribution < 1.29 is 23.5 Å². The fourth-order valence-corrected chi connectivity index (χ4v) is 3.06. The third-order valence-corrected chi connectivity index (χ3v) is 4.49. The maximum absolute atomic E-state index is 13.0. The second-order valence-corrected chi connectivity index (χ2v) is 6.72. The minimum Gasteiger partial charge on any atom is -0.486 e. The zero-order chi connectivity index (χ0) is 20.4. The van der Waals surface area contributed by atoms with Crippen LogP contribution in [0.2, 0.25) is 10.0 Å². The SMILES string of the molecule is CN1C(=O)NC(=O)C(=Cc2cc(Cl)c(OCc3ccc(F)cc3)c(Cl)c2)C1=O. The van der Waals surface area contributed by atoms with E-state index in [2.05, 4.69) is 5.32 Å². The molecule has 2 aromatic rings. The van der Waals surface area contributed by atoms with Gasteiger partial charge in [-0.3, -0.25) is 19.8 Å². The molecule has 0 radical (unpaired) electrons. The van der Waals surface area contributed by atoms with E-state index in [1.165, 1.54) is 37.4 Å². The van der Waals surface area contributed by atoms with Crippen molar-refractivity contribution in [2.45, 2.75) is 6.61 Å². The Kier molecular flexibility index (Phi) is 5.67. The largest absolute Gasteiger partial charge is 0.486 e. The topological polar surface area (TPSA) is 75.7 Å². The van der Waals surface area contributed by atoms with Gasteiger partial charge in [0, 0.05) is 7.05 Å². The highest BCUT2D eigenvalue weighted by Gasteiger charge is 2.33. The molecule has 1 aliphatic heterocycles. The van der Waals surface area contributed by atoms with E-state index in [9.17, 15) is 18.8 Å². The van der Waals surface area contributed by atoms with Crippen LogP contribution in [0.3, 0.4) is 0 Å². The van der Waals surface area contributed by atoms with Crippen molar-refractivity contribution in [2.24, 2.45) is 0 Å². The molecule has 1 fully saturated rings. The second kappa shape index (κ2) is 8.00. The van der Waals surface area contributed by atoms with Gasteiger partial charge in [-0.25, -0.2) is 9.18 Å². The molecule has 0 bridgehead atoms. The molecule has 0 atom stereocenters.